The van der Waals surface area contributed by atoms with Crippen molar-refractivity contribution < 1.29 is 9.90 Å². The number of aliphatic hydroxyl groups is 1. The summed E-state index contributed by atoms with van der Waals surface area (Å²) in [7, 11) is 0. The molecule has 6 nitrogen and oxygen atoms in total. The number of amides is 1. The Morgan fingerprint density at radius 1 is 1.23 bits per heavy atom. The Hall–Kier alpha value is -3.64. The summed E-state index contributed by atoms with van der Waals surface area (Å²) in [4.78, 5) is 17.4. The zero-order valence-corrected chi connectivity index (χ0v) is 17.6. The van der Waals surface area contributed by atoms with Crippen LogP contribution in [0.4, 0.5) is 11.5 Å². The number of carbonyl (C=O) groups is 1. The van der Waals surface area contributed by atoms with Crippen molar-refractivity contribution in [3.8, 4) is 5.69 Å². The molecule has 0 spiro atoms. The Morgan fingerprint density at radius 2 is 2.03 bits per heavy atom. The van der Waals surface area contributed by atoms with Gasteiger partial charge >= 0.3 is 0 Å². The van der Waals surface area contributed by atoms with Crippen LogP contribution in [0.15, 0.2) is 85.4 Å². The first-order valence-electron chi connectivity index (χ1n) is 10.3. The van der Waals surface area contributed by atoms with Crippen molar-refractivity contribution in [2.75, 3.05) is 5.32 Å². The summed E-state index contributed by atoms with van der Waals surface area (Å²) in [6.07, 6.45) is 12.5. The smallest absolute Gasteiger partial charge is 0.253 e. The molecule has 1 aromatic carbocycles. The lowest BCUT2D eigenvalue weighted by Crippen LogP contribution is -2.55. The summed E-state index contributed by atoms with van der Waals surface area (Å²) < 4.78 is 1.91. The van der Waals surface area contributed by atoms with Crippen molar-refractivity contribution in [1.82, 2.24) is 14.9 Å². The molecule has 1 amide bonds. The molecule has 1 aliphatic carbocycles. The molecule has 3 aromatic rings. The van der Waals surface area contributed by atoms with Gasteiger partial charge in [0.2, 0.25) is 0 Å². The zero-order chi connectivity index (χ0) is 21.8. The number of aryl methyl sites for hydroxylation is 1. The van der Waals surface area contributed by atoms with Crippen LogP contribution in [0.3, 0.4) is 0 Å². The average Bonchev–Trinajstić information content (AvgIpc) is 3.28. The van der Waals surface area contributed by atoms with E-state index in [1.54, 1.807) is 24.4 Å². The van der Waals surface area contributed by atoms with Gasteiger partial charge < -0.3 is 20.3 Å². The van der Waals surface area contributed by atoms with Crippen LogP contribution in [0.1, 0.15) is 29.3 Å². The first-order chi connectivity index (χ1) is 15.0. The van der Waals surface area contributed by atoms with Crippen molar-refractivity contribution in [3.63, 3.8) is 0 Å². The lowest BCUT2D eigenvalue weighted by Gasteiger charge is -2.35. The number of aliphatic hydroxyl groups excluding tert-OH is 1. The molecule has 2 unspecified atom stereocenters. The van der Waals surface area contributed by atoms with Gasteiger partial charge in [-0.25, -0.2) is 4.98 Å². The normalized spacial score (nSPS) is 19.9. The van der Waals surface area contributed by atoms with Crippen molar-refractivity contribution in [2.45, 2.75) is 31.9 Å². The summed E-state index contributed by atoms with van der Waals surface area (Å²) in [6, 6.07) is 13.6. The second-order valence-electron chi connectivity index (χ2n) is 7.69. The molecule has 0 saturated heterocycles. The van der Waals surface area contributed by atoms with E-state index in [-0.39, 0.29) is 5.91 Å². The summed E-state index contributed by atoms with van der Waals surface area (Å²) in [5.74, 6) is 0.493. The minimum absolute atomic E-state index is 0.228. The van der Waals surface area contributed by atoms with Gasteiger partial charge in [-0.1, -0.05) is 49.4 Å². The monoisotopic (exact) mass is 414 g/mol. The van der Waals surface area contributed by atoms with E-state index < -0.39 is 11.6 Å². The van der Waals surface area contributed by atoms with Gasteiger partial charge in [0.05, 0.1) is 22.9 Å². The molecule has 0 aliphatic heterocycles. The fourth-order valence-electron chi connectivity index (χ4n) is 3.69. The number of hydrogen-bond acceptors (Lipinski definition) is 4. The van der Waals surface area contributed by atoms with E-state index in [0.717, 1.165) is 22.8 Å². The molecule has 158 valence electrons. The first kappa shape index (κ1) is 20.6. The molecular weight excluding hydrogens is 388 g/mol. The number of hydrogen-bond donors (Lipinski definition) is 3. The van der Waals surface area contributed by atoms with E-state index in [9.17, 15) is 9.90 Å². The molecule has 4 rings (SSSR count). The molecule has 0 saturated carbocycles. The highest BCUT2D eigenvalue weighted by Gasteiger charge is 2.35. The number of benzene rings is 1. The number of rotatable bonds is 6. The van der Waals surface area contributed by atoms with Gasteiger partial charge in [0.1, 0.15) is 5.82 Å². The van der Waals surface area contributed by atoms with Crippen LogP contribution in [0.5, 0.6) is 0 Å². The molecule has 2 heterocycles. The van der Waals surface area contributed by atoms with E-state index in [2.05, 4.69) is 15.6 Å². The summed E-state index contributed by atoms with van der Waals surface area (Å²) in [5.41, 5.74) is 2.60. The molecule has 0 fully saturated rings. The second-order valence-corrected chi connectivity index (χ2v) is 7.69. The molecule has 1 aliphatic rings. The van der Waals surface area contributed by atoms with Crippen molar-refractivity contribution >= 4 is 17.4 Å². The molecular formula is C25H26N4O2. The lowest BCUT2D eigenvalue weighted by atomic mass is 9.85. The Morgan fingerprint density at radius 3 is 2.77 bits per heavy atom. The van der Waals surface area contributed by atoms with E-state index >= 15 is 0 Å². The second kappa shape index (κ2) is 8.62. The number of nitrogens with one attached hydrogen (secondary N) is 2. The number of nitrogens with zero attached hydrogens (tertiary/aromatic N) is 2. The third-order valence-corrected chi connectivity index (χ3v) is 5.61. The third kappa shape index (κ3) is 4.29. The minimum atomic E-state index is -0.798. The first-order valence-corrected chi connectivity index (χ1v) is 10.3. The van der Waals surface area contributed by atoms with Crippen molar-refractivity contribution in [2.24, 2.45) is 0 Å². The van der Waals surface area contributed by atoms with E-state index in [0.29, 0.717) is 12.0 Å². The van der Waals surface area contributed by atoms with Gasteiger partial charge in [0, 0.05) is 30.3 Å². The highest BCUT2D eigenvalue weighted by molar-refractivity contribution is 5.95. The molecule has 2 atom stereocenters. The van der Waals surface area contributed by atoms with Crippen LogP contribution in [-0.2, 0) is 0 Å². The Bertz CT molecular complexity index is 1130. The summed E-state index contributed by atoms with van der Waals surface area (Å²) >= 11 is 0. The largest absolute Gasteiger partial charge is 0.386 e. The predicted octanol–water partition coefficient (Wildman–Crippen LogP) is 4.29. The number of aromatic nitrogens is 2. The van der Waals surface area contributed by atoms with Crippen LogP contribution >= 0.6 is 0 Å². The third-order valence-electron chi connectivity index (χ3n) is 5.61. The quantitative estimate of drug-likeness (QED) is 0.562. The molecule has 31 heavy (non-hydrogen) atoms. The number of anilines is 2. The topological polar surface area (TPSA) is 79.2 Å². The predicted molar refractivity (Wildman–Crippen MR) is 123 cm³/mol. The van der Waals surface area contributed by atoms with Crippen LogP contribution in [0.25, 0.3) is 5.69 Å². The molecule has 6 heteroatoms. The Labute approximate surface area is 182 Å². The van der Waals surface area contributed by atoms with Gasteiger partial charge in [0.25, 0.3) is 5.91 Å². The number of allylic oxidation sites excluding steroid dienone is 2. The summed E-state index contributed by atoms with van der Waals surface area (Å²) in [5, 5.41) is 16.7. The van der Waals surface area contributed by atoms with Crippen LogP contribution in [0, 0.1) is 6.92 Å². The number of carbonyl (C=O) groups excluding carboxylic acids is 1. The zero-order valence-electron chi connectivity index (χ0n) is 17.6. The van der Waals surface area contributed by atoms with Crippen LogP contribution < -0.4 is 10.6 Å². The van der Waals surface area contributed by atoms with Gasteiger partial charge in [-0.05, 0) is 37.1 Å². The van der Waals surface area contributed by atoms with E-state index in [4.69, 9.17) is 0 Å². The van der Waals surface area contributed by atoms with Crippen molar-refractivity contribution in [3.05, 3.63) is 96.5 Å². The maximum Gasteiger partial charge on any atom is 0.253 e. The lowest BCUT2D eigenvalue weighted by molar-refractivity contribution is 0.0789. The highest BCUT2D eigenvalue weighted by atomic mass is 16.3. The fraction of sp³-hybridized carbons (Fsp3) is 0.200. The standard InChI is InChI=1S/C25H26N4O2/c1-3-25(13-8-7-11-22(25)30)28-24(31)19-12-14-29(17-19)21-15-23(26-16-18(21)2)27-20-9-5-4-6-10-20/h4-17,22,30H,3H2,1-2H3,(H,26,27)(H,28,31). The van der Waals surface area contributed by atoms with Crippen LogP contribution in [0.2, 0.25) is 0 Å². The van der Waals surface area contributed by atoms with Gasteiger partial charge in [-0.15, -0.1) is 0 Å². The average molecular weight is 415 g/mol. The van der Waals surface area contributed by atoms with Gasteiger partial charge in [0.15, 0.2) is 0 Å². The summed E-state index contributed by atoms with van der Waals surface area (Å²) in [6.45, 7) is 3.93. The SMILES string of the molecule is CCC1(NC(=O)c2ccn(-c3cc(Nc4ccccc4)ncc3C)c2)C=CC=CC1O. The minimum Gasteiger partial charge on any atom is -0.386 e. The van der Waals surface area contributed by atoms with Gasteiger partial charge in [-0.3, -0.25) is 4.79 Å². The number of pyridine rings is 1. The van der Waals surface area contributed by atoms with E-state index in [1.165, 1.54) is 0 Å². The molecule has 0 bridgehead atoms. The van der Waals surface area contributed by atoms with Gasteiger partial charge in [-0.2, -0.15) is 0 Å². The van der Waals surface area contributed by atoms with Crippen molar-refractivity contribution in [1.29, 1.82) is 0 Å². The molecule has 3 N–H and O–H groups in total. The fourth-order valence-corrected chi connectivity index (χ4v) is 3.69. The maximum absolute atomic E-state index is 12.9. The Balaban J connectivity index is 1.56. The number of para-hydroxylation sites is 1. The molecule has 2 aromatic heterocycles. The highest BCUT2D eigenvalue weighted by Crippen LogP contribution is 2.24. The Kier molecular flexibility index (Phi) is 5.73. The molecule has 0 radical (unpaired) electrons. The van der Waals surface area contributed by atoms with E-state index in [1.807, 2.05) is 79.4 Å². The van der Waals surface area contributed by atoms with Crippen LogP contribution in [-0.4, -0.2) is 32.2 Å². The maximum atomic E-state index is 12.9.